The third kappa shape index (κ3) is 6.04. The second kappa shape index (κ2) is 8.69. The summed E-state index contributed by atoms with van der Waals surface area (Å²) >= 11 is 1.87. The normalized spacial score (nSPS) is 15.3. The topological polar surface area (TPSA) is 24.5 Å². The monoisotopic (exact) mass is 282 g/mol. The van der Waals surface area contributed by atoms with Crippen LogP contribution < -0.4 is 5.32 Å². The predicted molar refractivity (Wildman–Crippen MR) is 81.7 cm³/mol. The zero-order valence-electron chi connectivity index (χ0n) is 11.9. The van der Waals surface area contributed by atoms with Crippen molar-refractivity contribution < 1.29 is 4.74 Å². The molecule has 0 bridgehead atoms. The fourth-order valence-corrected chi connectivity index (χ4v) is 2.95. The van der Waals surface area contributed by atoms with Crippen LogP contribution >= 0.6 is 11.3 Å². The van der Waals surface area contributed by atoms with Gasteiger partial charge in [0.05, 0.1) is 0 Å². The van der Waals surface area contributed by atoms with Crippen LogP contribution in [0.3, 0.4) is 0 Å². The van der Waals surface area contributed by atoms with Gasteiger partial charge in [-0.1, -0.05) is 6.07 Å². The average Bonchev–Trinajstić information content (AvgIpc) is 3.14. The third-order valence-electron chi connectivity index (χ3n) is 3.42. The summed E-state index contributed by atoms with van der Waals surface area (Å²) < 4.78 is 5.33. The van der Waals surface area contributed by atoms with Crippen molar-refractivity contribution in [2.45, 2.75) is 38.8 Å². The molecule has 0 aliphatic heterocycles. The molecule has 1 heterocycles. The first-order valence-electron chi connectivity index (χ1n) is 7.45. The van der Waals surface area contributed by atoms with Gasteiger partial charge in [0.2, 0.25) is 0 Å². The van der Waals surface area contributed by atoms with Crippen LogP contribution in [0.4, 0.5) is 0 Å². The van der Waals surface area contributed by atoms with Crippen LogP contribution in [0.5, 0.6) is 0 Å². The van der Waals surface area contributed by atoms with Gasteiger partial charge >= 0.3 is 0 Å². The van der Waals surface area contributed by atoms with Gasteiger partial charge in [0.15, 0.2) is 0 Å². The summed E-state index contributed by atoms with van der Waals surface area (Å²) in [5, 5.41) is 5.69. The molecule has 0 atom stereocenters. The smallest absolute Gasteiger partial charge is 0.0477 e. The maximum atomic E-state index is 5.33. The maximum absolute atomic E-state index is 5.33. The number of hydrogen-bond acceptors (Lipinski definition) is 4. The van der Waals surface area contributed by atoms with Gasteiger partial charge in [-0.3, -0.25) is 4.90 Å². The second-order valence-corrected chi connectivity index (χ2v) is 6.11. The zero-order chi connectivity index (χ0) is 13.3. The number of nitrogens with one attached hydrogen (secondary N) is 1. The van der Waals surface area contributed by atoms with Crippen molar-refractivity contribution in [2.75, 3.05) is 32.8 Å². The van der Waals surface area contributed by atoms with E-state index in [1.807, 2.05) is 18.3 Å². The Bertz CT molecular complexity index is 325. The van der Waals surface area contributed by atoms with Gasteiger partial charge in [-0.25, -0.2) is 0 Å². The van der Waals surface area contributed by atoms with E-state index in [-0.39, 0.29) is 0 Å². The van der Waals surface area contributed by atoms with Crippen molar-refractivity contribution in [1.29, 1.82) is 0 Å². The van der Waals surface area contributed by atoms with Crippen molar-refractivity contribution in [3.63, 3.8) is 0 Å². The highest BCUT2D eigenvalue weighted by Gasteiger charge is 2.28. The minimum absolute atomic E-state index is 0.830. The number of rotatable bonds is 11. The van der Waals surface area contributed by atoms with Gasteiger partial charge in [0.1, 0.15) is 0 Å². The molecule has 0 aromatic carbocycles. The molecule has 1 N–H and O–H groups in total. The Morgan fingerprint density at radius 3 is 3.00 bits per heavy atom. The van der Waals surface area contributed by atoms with E-state index in [9.17, 15) is 0 Å². The van der Waals surface area contributed by atoms with E-state index in [1.165, 1.54) is 17.7 Å². The van der Waals surface area contributed by atoms with Crippen molar-refractivity contribution in [3.8, 4) is 0 Å². The lowest BCUT2D eigenvalue weighted by molar-refractivity contribution is 0.144. The van der Waals surface area contributed by atoms with Crippen molar-refractivity contribution in [1.82, 2.24) is 10.2 Å². The van der Waals surface area contributed by atoms with Crippen LogP contribution in [0.15, 0.2) is 17.5 Å². The highest BCUT2D eigenvalue weighted by Crippen LogP contribution is 2.28. The highest BCUT2D eigenvalue weighted by molar-refractivity contribution is 7.09. The molecular weight excluding hydrogens is 256 g/mol. The van der Waals surface area contributed by atoms with Crippen molar-refractivity contribution in [3.05, 3.63) is 22.4 Å². The number of thiophene rings is 1. The molecule has 0 amide bonds. The maximum Gasteiger partial charge on any atom is 0.0477 e. The van der Waals surface area contributed by atoms with Crippen molar-refractivity contribution >= 4 is 11.3 Å². The number of nitrogens with zero attached hydrogens (tertiary/aromatic N) is 1. The van der Waals surface area contributed by atoms with E-state index < -0.39 is 0 Å². The molecule has 2 rings (SSSR count). The van der Waals surface area contributed by atoms with E-state index in [0.29, 0.717) is 0 Å². The van der Waals surface area contributed by atoms with E-state index in [4.69, 9.17) is 4.74 Å². The second-order valence-electron chi connectivity index (χ2n) is 5.08. The molecule has 1 aliphatic rings. The predicted octanol–water partition coefficient (Wildman–Crippen LogP) is 2.73. The number of ether oxygens (including phenoxy) is 1. The zero-order valence-corrected chi connectivity index (χ0v) is 12.8. The SMILES string of the molecule is CCOCCCNCCN(Cc1cccs1)C1CC1. The Kier molecular flexibility index (Phi) is 6.85. The number of hydrogen-bond donors (Lipinski definition) is 1. The van der Waals surface area contributed by atoms with Gasteiger partial charge in [-0.05, 0) is 44.2 Å². The van der Waals surface area contributed by atoms with Crippen LogP contribution in [-0.4, -0.2) is 43.8 Å². The van der Waals surface area contributed by atoms with Crippen LogP contribution in [0.1, 0.15) is 31.1 Å². The Morgan fingerprint density at radius 2 is 2.32 bits per heavy atom. The quantitative estimate of drug-likeness (QED) is 0.632. The summed E-state index contributed by atoms with van der Waals surface area (Å²) in [6.45, 7) is 8.21. The first kappa shape index (κ1) is 15.0. The minimum Gasteiger partial charge on any atom is -0.382 e. The lowest BCUT2D eigenvalue weighted by Gasteiger charge is -2.21. The van der Waals surface area contributed by atoms with Crippen LogP contribution in [0.25, 0.3) is 0 Å². The third-order valence-corrected chi connectivity index (χ3v) is 4.29. The Morgan fingerprint density at radius 1 is 1.42 bits per heavy atom. The first-order chi connectivity index (χ1) is 9.40. The summed E-state index contributed by atoms with van der Waals surface area (Å²) in [6.07, 6.45) is 3.88. The molecule has 0 spiro atoms. The Hall–Kier alpha value is -0.420. The average molecular weight is 282 g/mol. The molecule has 19 heavy (non-hydrogen) atoms. The van der Waals surface area contributed by atoms with Gasteiger partial charge in [0, 0.05) is 43.8 Å². The Balaban J connectivity index is 1.56. The molecule has 1 aliphatic carbocycles. The molecule has 3 nitrogen and oxygen atoms in total. The van der Waals surface area contributed by atoms with E-state index in [2.05, 4.69) is 27.7 Å². The van der Waals surface area contributed by atoms with Gasteiger partial charge in [0.25, 0.3) is 0 Å². The lowest BCUT2D eigenvalue weighted by Crippen LogP contribution is -2.33. The standard InChI is InChI=1S/C15H26N2OS/c1-2-18-11-4-8-16-9-10-17(14-6-7-14)13-15-5-3-12-19-15/h3,5,12,14,16H,2,4,6-11,13H2,1H3. The van der Waals surface area contributed by atoms with Crippen LogP contribution in [-0.2, 0) is 11.3 Å². The summed E-state index contributed by atoms with van der Waals surface area (Å²) in [7, 11) is 0. The molecule has 0 saturated heterocycles. The van der Waals surface area contributed by atoms with E-state index in [1.54, 1.807) is 0 Å². The van der Waals surface area contributed by atoms with E-state index >= 15 is 0 Å². The summed E-state index contributed by atoms with van der Waals surface area (Å²) in [5.74, 6) is 0. The first-order valence-corrected chi connectivity index (χ1v) is 8.33. The Labute approximate surface area is 121 Å². The van der Waals surface area contributed by atoms with E-state index in [0.717, 1.165) is 51.9 Å². The molecule has 1 saturated carbocycles. The fourth-order valence-electron chi connectivity index (χ4n) is 2.22. The summed E-state index contributed by atoms with van der Waals surface area (Å²) in [4.78, 5) is 4.12. The van der Waals surface area contributed by atoms with Gasteiger partial charge in [-0.15, -0.1) is 11.3 Å². The molecule has 1 aromatic heterocycles. The van der Waals surface area contributed by atoms with Crippen LogP contribution in [0.2, 0.25) is 0 Å². The largest absolute Gasteiger partial charge is 0.382 e. The molecule has 108 valence electrons. The van der Waals surface area contributed by atoms with Crippen molar-refractivity contribution in [2.24, 2.45) is 0 Å². The molecule has 1 aromatic rings. The molecule has 0 radical (unpaired) electrons. The van der Waals surface area contributed by atoms with Gasteiger partial charge in [-0.2, -0.15) is 0 Å². The summed E-state index contributed by atoms with van der Waals surface area (Å²) in [6, 6.07) is 5.24. The molecular formula is C15H26N2OS. The van der Waals surface area contributed by atoms with Gasteiger partial charge < -0.3 is 10.1 Å². The molecule has 4 heteroatoms. The highest BCUT2D eigenvalue weighted by atomic mass is 32.1. The summed E-state index contributed by atoms with van der Waals surface area (Å²) in [5.41, 5.74) is 0. The molecule has 1 fully saturated rings. The van der Waals surface area contributed by atoms with Crippen LogP contribution in [0, 0.1) is 0 Å². The fraction of sp³-hybridized carbons (Fsp3) is 0.733. The minimum atomic E-state index is 0.830. The molecule has 0 unspecified atom stereocenters. The lowest BCUT2D eigenvalue weighted by atomic mass is 10.3.